The van der Waals surface area contributed by atoms with Gasteiger partial charge in [0.2, 0.25) is 5.91 Å². The number of carbonyl (C=O) groups is 1. The highest BCUT2D eigenvalue weighted by Gasteiger charge is 2.27. The minimum atomic E-state index is -0.326. The zero-order valence-corrected chi connectivity index (χ0v) is 21.6. The lowest BCUT2D eigenvalue weighted by Crippen LogP contribution is -2.32. The van der Waals surface area contributed by atoms with Crippen LogP contribution in [0.4, 0.5) is 5.69 Å². The van der Waals surface area contributed by atoms with Crippen LogP contribution in [-0.2, 0) is 17.8 Å². The largest absolute Gasteiger partial charge is 0.497 e. The van der Waals surface area contributed by atoms with Crippen LogP contribution < -0.4 is 19.5 Å². The number of fused-ring (bicyclic) bond motifs is 1. The Morgan fingerprint density at radius 1 is 1.13 bits per heavy atom. The number of hydrogen-bond donors (Lipinski definition) is 2. The summed E-state index contributed by atoms with van der Waals surface area (Å²) in [5.41, 5.74) is 4.73. The van der Waals surface area contributed by atoms with Crippen molar-refractivity contribution in [3.05, 3.63) is 90.3 Å². The van der Waals surface area contributed by atoms with Gasteiger partial charge in [0.25, 0.3) is 0 Å². The molecule has 1 atom stereocenters. The number of amides is 1. The van der Waals surface area contributed by atoms with Crippen molar-refractivity contribution in [3.8, 4) is 28.4 Å². The Morgan fingerprint density at radius 2 is 2.00 bits per heavy atom. The number of aromatic nitrogens is 2. The summed E-state index contributed by atoms with van der Waals surface area (Å²) in [6.07, 6.45) is 4.16. The number of H-pyrrole nitrogens is 1. The van der Waals surface area contributed by atoms with Crippen LogP contribution in [0.1, 0.15) is 11.1 Å². The number of methoxy groups -OCH3 is 1. The number of ether oxygens (including phenoxy) is 3. The molecule has 0 spiro atoms. The second-order valence-corrected chi connectivity index (χ2v) is 9.44. The van der Waals surface area contributed by atoms with Gasteiger partial charge in [0.15, 0.2) is 0 Å². The minimum absolute atomic E-state index is 0.111. The summed E-state index contributed by atoms with van der Waals surface area (Å²) in [6.45, 7) is 2.35. The molecule has 0 fully saturated rings. The lowest BCUT2D eigenvalue weighted by molar-refractivity contribution is -0.121. The van der Waals surface area contributed by atoms with Crippen molar-refractivity contribution < 1.29 is 19.0 Å². The molecule has 0 aliphatic carbocycles. The van der Waals surface area contributed by atoms with Crippen LogP contribution in [0.2, 0.25) is 0 Å². The molecule has 4 aromatic rings. The highest BCUT2D eigenvalue weighted by Crippen LogP contribution is 2.34. The number of anilines is 1. The van der Waals surface area contributed by atoms with E-state index in [1.165, 1.54) is 5.56 Å². The number of aromatic amines is 1. The normalized spacial score (nSPS) is 14.4. The van der Waals surface area contributed by atoms with Crippen LogP contribution in [0.3, 0.4) is 0 Å². The molecule has 1 unspecified atom stereocenters. The number of benzene rings is 3. The summed E-state index contributed by atoms with van der Waals surface area (Å²) in [7, 11) is 3.70. The van der Waals surface area contributed by atoms with Gasteiger partial charge in [-0.2, -0.15) is 5.10 Å². The third-order valence-corrected chi connectivity index (χ3v) is 6.64. The van der Waals surface area contributed by atoms with E-state index in [0.29, 0.717) is 31.1 Å². The molecule has 2 N–H and O–H groups in total. The SMILES string of the molecule is COc1ccc2c(c1)CC(C(=O)Nc1ccc(-c3cn[nH]c3)cc1OCCN(C)Cc1ccccc1)CO2. The number of nitrogens with one attached hydrogen (secondary N) is 2. The van der Waals surface area contributed by atoms with E-state index in [0.717, 1.165) is 41.3 Å². The van der Waals surface area contributed by atoms with E-state index >= 15 is 0 Å². The van der Waals surface area contributed by atoms with Crippen LogP contribution in [0.15, 0.2) is 79.1 Å². The summed E-state index contributed by atoms with van der Waals surface area (Å²) >= 11 is 0. The van der Waals surface area contributed by atoms with Crippen molar-refractivity contribution in [2.45, 2.75) is 13.0 Å². The molecule has 0 saturated heterocycles. The summed E-state index contributed by atoms with van der Waals surface area (Å²) in [6, 6.07) is 21.8. The van der Waals surface area contributed by atoms with Crippen LogP contribution in [-0.4, -0.2) is 54.9 Å². The maximum atomic E-state index is 13.3. The summed E-state index contributed by atoms with van der Waals surface area (Å²) < 4.78 is 17.4. The monoisotopic (exact) mass is 512 g/mol. The molecule has 5 rings (SSSR count). The molecule has 1 aliphatic rings. The Hall–Kier alpha value is -4.30. The maximum absolute atomic E-state index is 13.3. The summed E-state index contributed by atoms with van der Waals surface area (Å²) in [4.78, 5) is 15.5. The fourth-order valence-electron chi connectivity index (χ4n) is 4.52. The van der Waals surface area contributed by atoms with Gasteiger partial charge in [0.1, 0.15) is 30.5 Å². The topological polar surface area (TPSA) is 88.7 Å². The third-order valence-electron chi connectivity index (χ3n) is 6.64. The van der Waals surface area contributed by atoms with Gasteiger partial charge in [-0.05, 0) is 60.5 Å². The van der Waals surface area contributed by atoms with Crippen molar-refractivity contribution in [2.24, 2.45) is 5.92 Å². The highest BCUT2D eigenvalue weighted by molar-refractivity contribution is 5.95. The average Bonchev–Trinajstić information content (AvgIpc) is 3.49. The Morgan fingerprint density at radius 3 is 2.79 bits per heavy atom. The van der Waals surface area contributed by atoms with Gasteiger partial charge in [-0.1, -0.05) is 36.4 Å². The van der Waals surface area contributed by atoms with Gasteiger partial charge in [-0.3, -0.25) is 14.8 Å². The highest BCUT2D eigenvalue weighted by atomic mass is 16.5. The van der Waals surface area contributed by atoms with E-state index in [9.17, 15) is 4.79 Å². The van der Waals surface area contributed by atoms with Crippen LogP contribution >= 0.6 is 0 Å². The van der Waals surface area contributed by atoms with E-state index in [4.69, 9.17) is 14.2 Å². The standard InChI is InChI=1S/C30H32N4O4/c1-34(19-21-6-4-3-5-7-21)12-13-37-29-16-22(25-17-31-32-18-25)8-10-27(29)33-30(35)24-14-23-15-26(36-2)9-11-28(23)38-20-24/h3-11,15-18,24H,12-14,19-20H2,1-2H3,(H,31,32)(H,33,35). The number of nitrogens with zero attached hydrogens (tertiary/aromatic N) is 2. The summed E-state index contributed by atoms with van der Waals surface area (Å²) in [5, 5.41) is 9.97. The smallest absolute Gasteiger partial charge is 0.231 e. The number of likely N-dealkylation sites (N-methyl/N-ethyl adjacent to an activating group) is 1. The molecule has 2 heterocycles. The Kier molecular flexibility index (Phi) is 7.89. The predicted octanol–water partition coefficient (Wildman–Crippen LogP) is 4.79. The minimum Gasteiger partial charge on any atom is -0.497 e. The fraction of sp³-hybridized carbons (Fsp3) is 0.267. The molecule has 1 amide bonds. The molecule has 0 saturated carbocycles. The first-order chi connectivity index (χ1) is 18.6. The first-order valence-corrected chi connectivity index (χ1v) is 12.7. The molecular weight excluding hydrogens is 480 g/mol. The zero-order valence-electron chi connectivity index (χ0n) is 21.6. The average molecular weight is 513 g/mol. The van der Waals surface area contributed by atoms with Gasteiger partial charge < -0.3 is 19.5 Å². The van der Waals surface area contributed by atoms with Crippen LogP contribution in [0, 0.1) is 5.92 Å². The zero-order chi connectivity index (χ0) is 26.3. The molecule has 3 aromatic carbocycles. The van der Waals surface area contributed by atoms with Gasteiger partial charge >= 0.3 is 0 Å². The van der Waals surface area contributed by atoms with Gasteiger partial charge in [0, 0.05) is 24.8 Å². The van der Waals surface area contributed by atoms with Crippen molar-refractivity contribution in [3.63, 3.8) is 0 Å². The van der Waals surface area contributed by atoms with Crippen LogP contribution in [0.25, 0.3) is 11.1 Å². The number of carbonyl (C=O) groups excluding carboxylic acids is 1. The molecule has 0 radical (unpaired) electrons. The quantitative estimate of drug-likeness (QED) is 0.318. The van der Waals surface area contributed by atoms with E-state index < -0.39 is 0 Å². The van der Waals surface area contributed by atoms with Gasteiger partial charge in [-0.25, -0.2) is 0 Å². The molecule has 196 valence electrons. The number of hydrogen-bond acceptors (Lipinski definition) is 6. The van der Waals surface area contributed by atoms with E-state index in [-0.39, 0.29) is 11.8 Å². The first-order valence-electron chi connectivity index (χ1n) is 12.7. The van der Waals surface area contributed by atoms with E-state index in [2.05, 4.69) is 39.6 Å². The molecule has 8 heteroatoms. The lowest BCUT2D eigenvalue weighted by atomic mass is 9.95. The molecular formula is C30H32N4O4. The second kappa shape index (κ2) is 11.8. The molecule has 1 aromatic heterocycles. The molecule has 8 nitrogen and oxygen atoms in total. The molecule has 0 bridgehead atoms. The fourth-order valence-corrected chi connectivity index (χ4v) is 4.52. The van der Waals surface area contributed by atoms with Gasteiger partial charge in [-0.15, -0.1) is 0 Å². The second-order valence-electron chi connectivity index (χ2n) is 9.44. The Labute approximate surface area is 222 Å². The van der Waals surface area contributed by atoms with Gasteiger partial charge in [0.05, 0.1) is 24.9 Å². The van der Waals surface area contributed by atoms with Crippen molar-refractivity contribution >= 4 is 11.6 Å². The predicted molar refractivity (Wildman–Crippen MR) is 147 cm³/mol. The summed E-state index contributed by atoms with van der Waals surface area (Å²) in [5.74, 6) is 1.72. The number of rotatable bonds is 10. The van der Waals surface area contributed by atoms with Crippen molar-refractivity contribution in [2.75, 3.05) is 39.2 Å². The van der Waals surface area contributed by atoms with E-state index in [1.54, 1.807) is 13.3 Å². The third kappa shape index (κ3) is 6.15. The first kappa shape index (κ1) is 25.4. The Balaban J connectivity index is 1.27. The Bertz CT molecular complexity index is 1360. The van der Waals surface area contributed by atoms with Crippen molar-refractivity contribution in [1.82, 2.24) is 15.1 Å². The van der Waals surface area contributed by atoms with E-state index in [1.807, 2.05) is 60.8 Å². The molecule has 1 aliphatic heterocycles. The molecule has 38 heavy (non-hydrogen) atoms. The maximum Gasteiger partial charge on any atom is 0.231 e. The van der Waals surface area contributed by atoms with Crippen molar-refractivity contribution in [1.29, 1.82) is 0 Å². The lowest BCUT2D eigenvalue weighted by Gasteiger charge is -2.25. The van der Waals surface area contributed by atoms with Crippen LogP contribution in [0.5, 0.6) is 17.2 Å².